The Labute approximate surface area is 134 Å². The first-order valence-corrected chi connectivity index (χ1v) is 7.15. The van der Waals surface area contributed by atoms with Crippen molar-refractivity contribution in [2.24, 2.45) is 0 Å². The molecular weight excluding hydrogens is 294 g/mol. The van der Waals surface area contributed by atoms with Crippen molar-refractivity contribution in [2.75, 3.05) is 12.4 Å². The lowest BCUT2D eigenvalue weighted by atomic mass is 10.1. The molecule has 120 valence electrons. The molecule has 23 heavy (non-hydrogen) atoms. The van der Waals surface area contributed by atoms with Crippen LogP contribution in [0.15, 0.2) is 47.7 Å². The Morgan fingerprint density at radius 2 is 2.04 bits per heavy atom. The summed E-state index contributed by atoms with van der Waals surface area (Å²) in [6, 6.07) is 7.13. The summed E-state index contributed by atoms with van der Waals surface area (Å²) in [6.07, 6.45) is 2.86. The summed E-state index contributed by atoms with van der Waals surface area (Å²) in [4.78, 5) is 29.1. The molecule has 0 bridgehead atoms. The normalized spacial score (nSPS) is 10.2. The van der Waals surface area contributed by atoms with Crippen molar-refractivity contribution in [3.8, 4) is 0 Å². The van der Waals surface area contributed by atoms with Crippen molar-refractivity contribution in [2.45, 2.75) is 19.9 Å². The maximum Gasteiger partial charge on any atom is 0.247 e. The highest BCUT2D eigenvalue weighted by atomic mass is 16.3. The number of aromatic nitrogens is 1. The minimum Gasteiger partial charge on any atom is -0.446 e. The Bertz CT molecular complexity index is 704. The van der Waals surface area contributed by atoms with Crippen LogP contribution in [0.2, 0.25) is 0 Å². The number of hydrogen-bond donors (Lipinski definition) is 1. The maximum absolute atomic E-state index is 12.2. The van der Waals surface area contributed by atoms with Gasteiger partial charge in [0.1, 0.15) is 5.76 Å². The van der Waals surface area contributed by atoms with Gasteiger partial charge in [-0.2, -0.15) is 0 Å². The average molecular weight is 313 g/mol. The molecule has 1 N–H and O–H groups in total. The molecule has 6 heteroatoms. The molecule has 0 fully saturated rings. The molecule has 1 aromatic heterocycles. The van der Waals surface area contributed by atoms with Crippen LogP contribution in [0.3, 0.4) is 0 Å². The number of hydrogen-bond acceptors (Lipinski definition) is 4. The fourth-order valence-corrected chi connectivity index (χ4v) is 1.99. The van der Waals surface area contributed by atoms with Gasteiger partial charge in [0.05, 0.1) is 18.7 Å². The van der Waals surface area contributed by atoms with Crippen LogP contribution in [-0.2, 0) is 22.6 Å². The van der Waals surface area contributed by atoms with Crippen LogP contribution in [0.5, 0.6) is 0 Å². The monoisotopic (exact) mass is 313 g/mol. The third-order valence-corrected chi connectivity index (χ3v) is 3.41. The van der Waals surface area contributed by atoms with Crippen molar-refractivity contribution < 1.29 is 14.0 Å². The number of nitrogens with one attached hydrogen (secondary N) is 1. The van der Waals surface area contributed by atoms with E-state index in [2.05, 4.69) is 16.9 Å². The molecule has 0 aliphatic heterocycles. The Hall–Kier alpha value is -2.89. The SMILES string of the molecule is C=CC(=O)Nc1ccc(CC(=O)N(C)Cc2ocnc2C)cc1. The molecule has 2 aromatic rings. The largest absolute Gasteiger partial charge is 0.446 e. The number of likely N-dealkylation sites (N-methyl/N-ethyl adjacent to an activating group) is 1. The van der Waals surface area contributed by atoms with Crippen molar-refractivity contribution in [1.82, 2.24) is 9.88 Å². The predicted octanol–water partition coefficient (Wildman–Crippen LogP) is 2.31. The lowest BCUT2D eigenvalue weighted by Gasteiger charge is -2.16. The van der Waals surface area contributed by atoms with Crippen LogP contribution in [0.25, 0.3) is 0 Å². The van der Waals surface area contributed by atoms with Crippen LogP contribution < -0.4 is 5.32 Å². The minimum absolute atomic E-state index is 0.0244. The Morgan fingerprint density at radius 3 is 2.61 bits per heavy atom. The molecule has 6 nitrogen and oxygen atoms in total. The number of nitrogens with zero attached hydrogens (tertiary/aromatic N) is 2. The van der Waals surface area contributed by atoms with Gasteiger partial charge in [0.2, 0.25) is 11.8 Å². The van der Waals surface area contributed by atoms with E-state index in [4.69, 9.17) is 4.42 Å². The van der Waals surface area contributed by atoms with Gasteiger partial charge in [-0.05, 0) is 30.7 Å². The number of amides is 2. The lowest BCUT2D eigenvalue weighted by Crippen LogP contribution is -2.27. The van der Waals surface area contributed by atoms with Gasteiger partial charge in [0, 0.05) is 12.7 Å². The number of anilines is 1. The Balaban J connectivity index is 1.93. The van der Waals surface area contributed by atoms with Crippen molar-refractivity contribution >= 4 is 17.5 Å². The molecule has 0 saturated heterocycles. The molecule has 0 radical (unpaired) electrons. The lowest BCUT2D eigenvalue weighted by molar-refractivity contribution is -0.129. The van der Waals surface area contributed by atoms with Gasteiger partial charge in [0.15, 0.2) is 6.39 Å². The predicted molar refractivity (Wildman–Crippen MR) is 86.7 cm³/mol. The van der Waals surface area contributed by atoms with E-state index in [0.29, 0.717) is 18.0 Å². The maximum atomic E-state index is 12.2. The van der Waals surface area contributed by atoms with Gasteiger partial charge in [-0.25, -0.2) is 4.98 Å². The Morgan fingerprint density at radius 1 is 1.35 bits per heavy atom. The van der Waals surface area contributed by atoms with E-state index in [9.17, 15) is 9.59 Å². The van der Waals surface area contributed by atoms with E-state index in [1.807, 2.05) is 19.1 Å². The quantitative estimate of drug-likeness (QED) is 0.830. The van der Waals surface area contributed by atoms with Crippen LogP contribution in [-0.4, -0.2) is 28.7 Å². The van der Waals surface area contributed by atoms with Crippen molar-refractivity contribution in [3.05, 3.63) is 60.3 Å². The Kier molecular flexibility index (Phi) is 5.30. The molecule has 0 atom stereocenters. The number of benzene rings is 1. The molecule has 2 rings (SSSR count). The van der Waals surface area contributed by atoms with Gasteiger partial charge >= 0.3 is 0 Å². The summed E-state index contributed by atoms with van der Waals surface area (Å²) in [6.45, 7) is 5.62. The van der Waals surface area contributed by atoms with E-state index in [1.165, 1.54) is 12.5 Å². The second-order valence-electron chi connectivity index (χ2n) is 5.18. The zero-order valence-corrected chi connectivity index (χ0v) is 13.2. The molecule has 2 amide bonds. The summed E-state index contributed by atoms with van der Waals surface area (Å²) in [7, 11) is 1.73. The molecular formula is C17H19N3O3. The first-order valence-electron chi connectivity index (χ1n) is 7.15. The smallest absolute Gasteiger partial charge is 0.247 e. The second-order valence-corrected chi connectivity index (χ2v) is 5.18. The average Bonchev–Trinajstić information content (AvgIpc) is 2.94. The number of oxazole rings is 1. The first kappa shape index (κ1) is 16.5. The van der Waals surface area contributed by atoms with Gasteiger partial charge in [-0.1, -0.05) is 18.7 Å². The fourth-order valence-electron chi connectivity index (χ4n) is 1.99. The highest BCUT2D eigenvalue weighted by Gasteiger charge is 2.13. The fraction of sp³-hybridized carbons (Fsp3) is 0.235. The molecule has 0 spiro atoms. The second kappa shape index (κ2) is 7.40. The van der Waals surface area contributed by atoms with E-state index in [-0.39, 0.29) is 18.2 Å². The zero-order valence-electron chi connectivity index (χ0n) is 13.2. The van der Waals surface area contributed by atoms with E-state index in [1.54, 1.807) is 24.1 Å². The standard InChI is InChI=1S/C17H19N3O3/c1-4-16(21)19-14-7-5-13(6-8-14)9-17(22)20(3)10-15-12(2)18-11-23-15/h4-8,11H,1,9-10H2,2-3H3,(H,19,21). The summed E-state index contributed by atoms with van der Waals surface area (Å²) in [5, 5.41) is 2.66. The number of carbonyl (C=O) groups excluding carboxylic acids is 2. The van der Waals surface area contributed by atoms with Gasteiger partial charge in [-0.3, -0.25) is 9.59 Å². The summed E-state index contributed by atoms with van der Waals surface area (Å²) < 4.78 is 5.25. The van der Waals surface area contributed by atoms with E-state index in [0.717, 1.165) is 11.3 Å². The highest BCUT2D eigenvalue weighted by Crippen LogP contribution is 2.12. The number of carbonyl (C=O) groups is 2. The topological polar surface area (TPSA) is 75.4 Å². The van der Waals surface area contributed by atoms with Gasteiger partial charge in [0.25, 0.3) is 0 Å². The van der Waals surface area contributed by atoms with Gasteiger partial charge in [-0.15, -0.1) is 0 Å². The molecule has 1 heterocycles. The third kappa shape index (κ3) is 4.54. The highest BCUT2D eigenvalue weighted by molar-refractivity contribution is 5.98. The van der Waals surface area contributed by atoms with E-state index < -0.39 is 0 Å². The van der Waals surface area contributed by atoms with Gasteiger partial charge < -0.3 is 14.6 Å². The van der Waals surface area contributed by atoms with Crippen molar-refractivity contribution in [1.29, 1.82) is 0 Å². The molecule has 0 aliphatic carbocycles. The number of rotatable bonds is 6. The van der Waals surface area contributed by atoms with Crippen LogP contribution in [0.1, 0.15) is 17.0 Å². The van der Waals surface area contributed by atoms with Crippen LogP contribution >= 0.6 is 0 Å². The molecule has 0 aliphatic rings. The summed E-state index contributed by atoms with van der Waals surface area (Å²) in [5.41, 5.74) is 2.32. The number of aryl methyl sites for hydroxylation is 1. The first-order chi connectivity index (χ1) is 11.0. The molecule has 0 saturated carbocycles. The molecule has 0 unspecified atom stereocenters. The molecule has 1 aromatic carbocycles. The van der Waals surface area contributed by atoms with E-state index >= 15 is 0 Å². The summed E-state index contributed by atoms with van der Waals surface area (Å²) >= 11 is 0. The minimum atomic E-state index is -0.268. The van der Waals surface area contributed by atoms with Crippen molar-refractivity contribution in [3.63, 3.8) is 0 Å². The van der Waals surface area contributed by atoms with Crippen LogP contribution in [0, 0.1) is 6.92 Å². The third-order valence-electron chi connectivity index (χ3n) is 3.41. The zero-order chi connectivity index (χ0) is 16.8. The summed E-state index contributed by atoms with van der Waals surface area (Å²) in [5.74, 6) is 0.392. The van der Waals surface area contributed by atoms with Crippen LogP contribution in [0.4, 0.5) is 5.69 Å².